The maximum Gasteiger partial charge on any atom is 0.261 e. The smallest absolute Gasteiger partial charge is 0.261 e. The summed E-state index contributed by atoms with van der Waals surface area (Å²) >= 11 is 0. The summed E-state index contributed by atoms with van der Waals surface area (Å²) in [5.74, 6) is -0.819. The Morgan fingerprint density at radius 2 is 1.62 bits per heavy atom. The highest BCUT2D eigenvalue weighted by molar-refractivity contribution is 7.92. The second-order valence-corrected chi connectivity index (χ2v) is 6.77. The summed E-state index contributed by atoms with van der Waals surface area (Å²) in [6.45, 7) is 4.89. The highest BCUT2D eigenvalue weighted by Gasteiger charge is 2.18. The zero-order chi connectivity index (χ0) is 17.7. The van der Waals surface area contributed by atoms with Crippen LogP contribution >= 0.6 is 0 Å². The van der Waals surface area contributed by atoms with Crippen LogP contribution in [-0.4, -0.2) is 32.3 Å². The number of hydrogen-bond acceptors (Lipinski definition) is 3. The van der Waals surface area contributed by atoms with Crippen LogP contribution in [0.3, 0.4) is 0 Å². The van der Waals surface area contributed by atoms with E-state index in [1.165, 1.54) is 48.5 Å². The van der Waals surface area contributed by atoms with Crippen LogP contribution in [0, 0.1) is 5.82 Å². The molecule has 5 nitrogen and oxygen atoms in total. The number of para-hydroxylation sites is 1. The molecule has 2 rings (SSSR count). The number of halogens is 1. The van der Waals surface area contributed by atoms with E-state index in [9.17, 15) is 17.6 Å². The summed E-state index contributed by atoms with van der Waals surface area (Å²) in [5.41, 5.74) is 0.282. The number of carbonyl (C=O) groups excluding carboxylic acids is 1. The molecule has 2 aromatic rings. The predicted octanol–water partition coefficient (Wildman–Crippen LogP) is 3.11. The third-order valence-electron chi connectivity index (χ3n) is 3.58. The molecule has 0 aliphatic rings. The topological polar surface area (TPSA) is 66.5 Å². The van der Waals surface area contributed by atoms with Gasteiger partial charge in [-0.15, -0.1) is 0 Å². The number of amides is 1. The molecular formula is C17H19FN2O3S. The van der Waals surface area contributed by atoms with Crippen LogP contribution in [-0.2, 0) is 10.0 Å². The molecule has 1 amide bonds. The molecule has 0 saturated carbocycles. The van der Waals surface area contributed by atoms with E-state index in [2.05, 4.69) is 4.72 Å². The number of nitrogens with zero attached hydrogens (tertiary/aromatic N) is 1. The van der Waals surface area contributed by atoms with Crippen LogP contribution in [0.4, 0.5) is 10.1 Å². The minimum atomic E-state index is -3.92. The quantitative estimate of drug-likeness (QED) is 0.870. The van der Waals surface area contributed by atoms with Crippen molar-refractivity contribution in [1.82, 2.24) is 4.90 Å². The van der Waals surface area contributed by atoms with Crippen LogP contribution < -0.4 is 4.72 Å². The number of hydrogen-bond donors (Lipinski definition) is 1. The summed E-state index contributed by atoms with van der Waals surface area (Å²) in [7, 11) is -3.92. The lowest BCUT2D eigenvalue weighted by Crippen LogP contribution is -2.30. The number of nitrogens with one attached hydrogen (secondary N) is 1. The van der Waals surface area contributed by atoms with Gasteiger partial charge in [0, 0.05) is 18.7 Å². The van der Waals surface area contributed by atoms with Crippen molar-refractivity contribution in [3.63, 3.8) is 0 Å². The molecule has 0 heterocycles. The highest BCUT2D eigenvalue weighted by Crippen LogP contribution is 2.19. The zero-order valence-corrected chi connectivity index (χ0v) is 14.3. The van der Waals surface area contributed by atoms with Gasteiger partial charge in [0.1, 0.15) is 5.82 Å². The maximum atomic E-state index is 13.6. The van der Waals surface area contributed by atoms with E-state index in [1.54, 1.807) is 4.90 Å². The minimum Gasteiger partial charge on any atom is -0.339 e. The molecule has 24 heavy (non-hydrogen) atoms. The molecule has 0 unspecified atom stereocenters. The molecule has 7 heteroatoms. The molecule has 0 spiro atoms. The second kappa shape index (κ2) is 7.44. The van der Waals surface area contributed by atoms with E-state index >= 15 is 0 Å². The van der Waals surface area contributed by atoms with E-state index < -0.39 is 15.8 Å². The van der Waals surface area contributed by atoms with Crippen LogP contribution in [0.15, 0.2) is 53.4 Å². The van der Waals surface area contributed by atoms with Crippen LogP contribution in [0.25, 0.3) is 0 Å². The molecule has 0 saturated heterocycles. The van der Waals surface area contributed by atoms with E-state index in [4.69, 9.17) is 0 Å². The van der Waals surface area contributed by atoms with Crippen molar-refractivity contribution in [3.8, 4) is 0 Å². The number of anilines is 1. The Morgan fingerprint density at radius 1 is 1.04 bits per heavy atom. The molecule has 0 bridgehead atoms. The first-order chi connectivity index (χ1) is 11.4. The van der Waals surface area contributed by atoms with E-state index in [0.29, 0.717) is 18.7 Å². The number of sulfonamides is 1. The van der Waals surface area contributed by atoms with Gasteiger partial charge in [0.05, 0.1) is 10.6 Å². The van der Waals surface area contributed by atoms with Gasteiger partial charge in [-0.3, -0.25) is 9.52 Å². The predicted molar refractivity (Wildman–Crippen MR) is 90.9 cm³/mol. The molecule has 0 radical (unpaired) electrons. The monoisotopic (exact) mass is 350 g/mol. The van der Waals surface area contributed by atoms with Crippen molar-refractivity contribution in [1.29, 1.82) is 0 Å². The summed E-state index contributed by atoms with van der Waals surface area (Å²) in [6.07, 6.45) is 0. The van der Waals surface area contributed by atoms with Crippen molar-refractivity contribution in [3.05, 3.63) is 59.9 Å². The minimum absolute atomic E-state index is 0.0400. The van der Waals surface area contributed by atoms with Crippen molar-refractivity contribution in [2.75, 3.05) is 17.8 Å². The summed E-state index contributed by atoms with van der Waals surface area (Å²) in [4.78, 5) is 13.8. The number of carbonyl (C=O) groups is 1. The normalized spacial score (nSPS) is 11.1. The molecule has 0 aliphatic carbocycles. The molecule has 0 aliphatic heterocycles. The van der Waals surface area contributed by atoms with Gasteiger partial charge in [0.25, 0.3) is 15.9 Å². The highest BCUT2D eigenvalue weighted by atomic mass is 32.2. The molecule has 0 aromatic heterocycles. The second-order valence-electron chi connectivity index (χ2n) is 5.09. The fourth-order valence-corrected chi connectivity index (χ4v) is 3.29. The molecule has 2 aromatic carbocycles. The van der Waals surface area contributed by atoms with Crippen molar-refractivity contribution >= 4 is 21.6 Å². The van der Waals surface area contributed by atoms with E-state index in [1.807, 2.05) is 13.8 Å². The Hall–Kier alpha value is -2.41. The Labute approximate surface area is 141 Å². The molecule has 128 valence electrons. The van der Waals surface area contributed by atoms with Crippen LogP contribution in [0.1, 0.15) is 24.2 Å². The fourth-order valence-electron chi connectivity index (χ4n) is 2.22. The standard InChI is InChI=1S/C17H19FN2O3S/c1-3-20(4-2)17(21)13-9-11-14(12-10-13)24(22,23)19-16-8-6-5-7-15(16)18/h5-12,19H,3-4H2,1-2H3. The maximum absolute atomic E-state index is 13.6. The van der Waals surface area contributed by atoms with Gasteiger partial charge in [-0.2, -0.15) is 0 Å². The Bertz CT molecular complexity index is 816. The fraction of sp³-hybridized carbons (Fsp3) is 0.235. The zero-order valence-electron chi connectivity index (χ0n) is 13.5. The summed E-state index contributed by atoms with van der Waals surface area (Å²) < 4.78 is 40.4. The third kappa shape index (κ3) is 3.91. The Morgan fingerprint density at radius 3 is 2.17 bits per heavy atom. The first kappa shape index (κ1) is 17.9. The van der Waals surface area contributed by atoms with Gasteiger partial charge in [-0.25, -0.2) is 12.8 Å². The third-order valence-corrected chi connectivity index (χ3v) is 4.96. The van der Waals surface area contributed by atoms with Crippen molar-refractivity contribution < 1.29 is 17.6 Å². The average molecular weight is 350 g/mol. The SMILES string of the molecule is CCN(CC)C(=O)c1ccc(S(=O)(=O)Nc2ccccc2F)cc1. The lowest BCUT2D eigenvalue weighted by atomic mass is 10.2. The van der Waals surface area contributed by atoms with Gasteiger partial charge >= 0.3 is 0 Å². The van der Waals surface area contributed by atoms with Crippen LogP contribution in [0.2, 0.25) is 0 Å². The van der Waals surface area contributed by atoms with Gasteiger partial charge in [-0.1, -0.05) is 12.1 Å². The number of benzene rings is 2. The van der Waals surface area contributed by atoms with E-state index in [0.717, 1.165) is 0 Å². The van der Waals surface area contributed by atoms with Crippen LogP contribution in [0.5, 0.6) is 0 Å². The molecule has 1 N–H and O–H groups in total. The van der Waals surface area contributed by atoms with Gasteiger partial charge in [0.2, 0.25) is 0 Å². The first-order valence-corrected chi connectivity index (χ1v) is 9.04. The molecule has 0 atom stereocenters. The largest absolute Gasteiger partial charge is 0.339 e. The Balaban J connectivity index is 2.23. The van der Waals surface area contributed by atoms with E-state index in [-0.39, 0.29) is 16.5 Å². The average Bonchev–Trinajstić information content (AvgIpc) is 2.58. The summed E-state index contributed by atoms with van der Waals surface area (Å²) in [6, 6.07) is 11.1. The first-order valence-electron chi connectivity index (χ1n) is 7.55. The number of rotatable bonds is 6. The summed E-state index contributed by atoms with van der Waals surface area (Å²) in [5, 5.41) is 0. The van der Waals surface area contributed by atoms with Gasteiger partial charge in [-0.05, 0) is 50.2 Å². The van der Waals surface area contributed by atoms with Gasteiger partial charge in [0.15, 0.2) is 0 Å². The molecule has 0 fully saturated rings. The van der Waals surface area contributed by atoms with Gasteiger partial charge < -0.3 is 4.90 Å². The Kier molecular flexibility index (Phi) is 5.56. The van der Waals surface area contributed by atoms with Crippen molar-refractivity contribution in [2.24, 2.45) is 0 Å². The molecular weight excluding hydrogens is 331 g/mol. The van der Waals surface area contributed by atoms with Crippen molar-refractivity contribution in [2.45, 2.75) is 18.7 Å². The lowest BCUT2D eigenvalue weighted by molar-refractivity contribution is 0.0773. The lowest BCUT2D eigenvalue weighted by Gasteiger charge is -2.18.